The number of carbonyl (C=O) groups excluding carboxylic acids is 2. The molecule has 130 valence electrons. The summed E-state index contributed by atoms with van der Waals surface area (Å²) in [6.45, 7) is 4.37. The van der Waals surface area contributed by atoms with E-state index in [1.807, 2.05) is 6.07 Å². The van der Waals surface area contributed by atoms with Crippen molar-refractivity contribution in [2.75, 3.05) is 45.3 Å². The molecule has 0 fully saturated rings. The minimum absolute atomic E-state index is 0. The summed E-state index contributed by atoms with van der Waals surface area (Å²) in [7, 11) is 3.33. The predicted octanol–water partition coefficient (Wildman–Crippen LogP) is 1.45. The van der Waals surface area contributed by atoms with Crippen LogP contribution in [-0.2, 0) is 9.53 Å². The molecule has 0 aromatic heterocycles. The first-order valence-corrected chi connectivity index (χ1v) is 7.45. The van der Waals surface area contributed by atoms with Crippen LogP contribution in [0.2, 0.25) is 0 Å². The van der Waals surface area contributed by atoms with Gasteiger partial charge in [-0.3, -0.25) is 9.59 Å². The number of methoxy groups -OCH3 is 1. The zero-order chi connectivity index (χ0) is 16.4. The molecule has 2 N–H and O–H groups in total. The summed E-state index contributed by atoms with van der Waals surface area (Å²) in [6, 6.07) is 7.11. The van der Waals surface area contributed by atoms with Crippen LogP contribution < -0.4 is 15.5 Å². The molecule has 6 nitrogen and oxygen atoms in total. The number of benzene rings is 1. The van der Waals surface area contributed by atoms with Crippen molar-refractivity contribution in [1.29, 1.82) is 0 Å². The lowest BCUT2D eigenvalue weighted by Gasteiger charge is -2.19. The second kappa shape index (κ2) is 11.9. The fraction of sp³-hybridized carbons (Fsp3) is 0.500. The van der Waals surface area contributed by atoms with Crippen molar-refractivity contribution in [3.63, 3.8) is 0 Å². The molecule has 1 rings (SSSR count). The Bertz CT molecular complexity index is 497. The maximum Gasteiger partial charge on any atom is 0.253 e. The van der Waals surface area contributed by atoms with Gasteiger partial charge in [0.2, 0.25) is 5.91 Å². The molecule has 1 aromatic rings. The fourth-order valence-electron chi connectivity index (χ4n) is 1.99. The standard InChI is InChI=1S/C16H25N3O3.ClH/c1-4-15(20)19(2)14-8-6-5-7-13(14)16(21)18-10-9-17-11-12-22-3;/h5-8,17H,4,9-12H2,1-3H3,(H,18,21);1H. The Labute approximate surface area is 144 Å². The minimum atomic E-state index is -0.181. The quantitative estimate of drug-likeness (QED) is 0.666. The third-order valence-corrected chi connectivity index (χ3v) is 3.26. The molecule has 0 aliphatic carbocycles. The van der Waals surface area contributed by atoms with Crippen molar-refractivity contribution in [2.45, 2.75) is 13.3 Å². The minimum Gasteiger partial charge on any atom is -0.383 e. The largest absolute Gasteiger partial charge is 0.383 e. The lowest BCUT2D eigenvalue weighted by molar-refractivity contribution is -0.118. The maximum absolute atomic E-state index is 12.3. The molecular formula is C16H26ClN3O3. The van der Waals surface area contributed by atoms with Crippen molar-refractivity contribution >= 4 is 29.9 Å². The Balaban J connectivity index is 0.00000484. The van der Waals surface area contributed by atoms with Crippen molar-refractivity contribution in [3.8, 4) is 0 Å². The van der Waals surface area contributed by atoms with E-state index in [1.165, 1.54) is 4.90 Å². The van der Waals surface area contributed by atoms with Crippen LogP contribution in [0, 0.1) is 0 Å². The van der Waals surface area contributed by atoms with E-state index < -0.39 is 0 Å². The van der Waals surface area contributed by atoms with Crippen LogP contribution in [0.3, 0.4) is 0 Å². The molecule has 0 aliphatic heterocycles. The van der Waals surface area contributed by atoms with Gasteiger partial charge < -0.3 is 20.3 Å². The Morgan fingerprint density at radius 1 is 1.17 bits per heavy atom. The number of hydrogen-bond donors (Lipinski definition) is 2. The summed E-state index contributed by atoms with van der Waals surface area (Å²) in [4.78, 5) is 25.6. The molecule has 0 aliphatic rings. The van der Waals surface area contributed by atoms with Crippen LogP contribution >= 0.6 is 12.4 Å². The van der Waals surface area contributed by atoms with Gasteiger partial charge in [-0.05, 0) is 12.1 Å². The number of halogens is 1. The molecule has 0 saturated heterocycles. The Hall–Kier alpha value is -1.63. The van der Waals surface area contributed by atoms with Crippen molar-refractivity contribution in [3.05, 3.63) is 29.8 Å². The van der Waals surface area contributed by atoms with Crippen molar-refractivity contribution in [1.82, 2.24) is 10.6 Å². The zero-order valence-corrected chi connectivity index (χ0v) is 14.7. The summed E-state index contributed by atoms with van der Waals surface area (Å²) in [5.74, 6) is -0.207. The van der Waals surface area contributed by atoms with Gasteiger partial charge in [0.25, 0.3) is 5.91 Å². The lowest BCUT2D eigenvalue weighted by Crippen LogP contribution is -2.34. The normalized spacial score (nSPS) is 9.87. The highest BCUT2D eigenvalue weighted by atomic mass is 35.5. The number of rotatable bonds is 9. The average Bonchev–Trinajstić information content (AvgIpc) is 2.56. The molecule has 0 unspecified atom stereocenters. The van der Waals surface area contributed by atoms with Crippen LogP contribution in [0.15, 0.2) is 24.3 Å². The van der Waals surface area contributed by atoms with E-state index >= 15 is 0 Å². The van der Waals surface area contributed by atoms with Crippen molar-refractivity contribution < 1.29 is 14.3 Å². The van der Waals surface area contributed by atoms with Gasteiger partial charge in [0, 0.05) is 40.2 Å². The van der Waals surface area contributed by atoms with Gasteiger partial charge in [-0.25, -0.2) is 0 Å². The van der Waals surface area contributed by atoms with Crippen LogP contribution in [0.1, 0.15) is 23.7 Å². The number of anilines is 1. The number of para-hydroxylation sites is 1. The monoisotopic (exact) mass is 343 g/mol. The van der Waals surface area contributed by atoms with Crippen LogP contribution in [0.25, 0.3) is 0 Å². The van der Waals surface area contributed by atoms with Gasteiger partial charge in [0.15, 0.2) is 0 Å². The van der Waals surface area contributed by atoms with E-state index in [0.717, 1.165) is 6.54 Å². The molecule has 2 amide bonds. The van der Waals surface area contributed by atoms with E-state index in [4.69, 9.17) is 4.74 Å². The Morgan fingerprint density at radius 2 is 1.87 bits per heavy atom. The third-order valence-electron chi connectivity index (χ3n) is 3.26. The van der Waals surface area contributed by atoms with Crippen LogP contribution in [-0.4, -0.2) is 52.2 Å². The Morgan fingerprint density at radius 3 is 2.52 bits per heavy atom. The fourth-order valence-corrected chi connectivity index (χ4v) is 1.99. The second-order valence-electron chi connectivity index (χ2n) is 4.82. The number of hydrogen-bond acceptors (Lipinski definition) is 4. The molecule has 0 saturated carbocycles. The molecule has 0 atom stereocenters. The first kappa shape index (κ1) is 21.4. The van der Waals surface area contributed by atoms with E-state index in [9.17, 15) is 9.59 Å². The molecule has 0 heterocycles. The highest BCUT2D eigenvalue weighted by Crippen LogP contribution is 2.19. The van der Waals surface area contributed by atoms with E-state index in [0.29, 0.717) is 37.4 Å². The second-order valence-corrected chi connectivity index (χ2v) is 4.82. The smallest absolute Gasteiger partial charge is 0.253 e. The van der Waals surface area contributed by atoms with Crippen LogP contribution in [0.5, 0.6) is 0 Å². The first-order valence-electron chi connectivity index (χ1n) is 7.45. The molecule has 1 aromatic carbocycles. The highest BCUT2D eigenvalue weighted by molar-refractivity contribution is 6.04. The summed E-state index contributed by atoms with van der Waals surface area (Å²) in [6.07, 6.45) is 0.399. The lowest BCUT2D eigenvalue weighted by atomic mass is 10.1. The number of ether oxygens (including phenoxy) is 1. The summed E-state index contributed by atoms with van der Waals surface area (Å²) in [5, 5.41) is 6.00. The zero-order valence-electron chi connectivity index (χ0n) is 13.9. The summed E-state index contributed by atoms with van der Waals surface area (Å²) >= 11 is 0. The van der Waals surface area contributed by atoms with Gasteiger partial charge in [-0.2, -0.15) is 0 Å². The SMILES string of the molecule is CCC(=O)N(C)c1ccccc1C(=O)NCCNCCOC.Cl. The summed E-state index contributed by atoms with van der Waals surface area (Å²) in [5.41, 5.74) is 1.13. The van der Waals surface area contributed by atoms with Crippen LogP contribution in [0.4, 0.5) is 5.69 Å². The van der Waals surface area contributed by atoms with E-state index in [-0.39, 0.29) is 24.2 Å². The molecule has 7 heteroatoms. The van der Waals surface area contributed by atoms with Gasteiger partial charge in [-0.1, -0.05) is 19.1 Å². The molecule has 0 bridgehead atoms. The van der Waals surface area contributed by atoms with E-state index in [1.54, 1.807) is 39.3 Å². The van der Waals surface area contributed by atoms with Gasteiger partial charge in [-0.15, -0.1) is 12.4 Å². The molecule has 0 spiro atoms. The molecular weight excluding hydrogens is 318 g/mol. The molecule has 23 heavy (non-hydrogen) atoms. The van der Waals surface area contributed by atoms with Gasteiger partial charge in [0.05, 0.1) is 17.9 Å². The summed E-state index contributed by atoms with van der Waals surface area (Å²) < 4.78 is 4.93. The topological polar surface area (TPSA) is 70.7 Å². The average molecular weight is 344 g/mol. The number of carbonyl (C=O) groups is 2. The van der Waals surface area contributed by atoms with E-state index in [2.05, 4.69) is 10.6 Å². The third kappa shape index (κ3) is 6.99. The number of nitrogens with one attached hydrogen (secondary N) is 2. The maximum atomic E-state index is 12.3. The Kier molecular flexibility index (Phi) is 11.0. The van der Waals surface area contributed by atoms with Gasteiger partial charge in [0.1, 0.15) is 0 Å². The first-order chi connectivity index (χ1) is 10.6. The highest BCUT2D eigenvalue weighted by Gasteiger charge is 2.16. The molecule has 0 radical (unpaired) electrons. The predicted molar refractivity (Wildman–Crippen MR) is 94.5 cm³/mol. The number of nitrogens with zero attached hydrogens (tertiary/aromatic N) is 1. The van der Waals surface area contributed by atoms with Gasteiger partial charge >= 0.3 is 0 Å². The number of amides is 2. The van der Waals surface area contributed by atoms with Crippen molar-refractivity contribution in [2.24, 2.45) is 0 Å².